The summed E-state index contributed by atoms with van der Waals surface area (Å²) in [5, 5.41) is 0. The molecule has 0 aliphatic carbocycles. The third-order valence-corrected chi connectivity index (χ3v) is 1.27. The predicted molar refractivity (Wildman–Crippen MR) is 39.3 cm³/mol. The molecule has 0 aromatic rings. The smallest absolute Gasteiger partial charge is 0.120 e. The number of carbonyl (C=O) groups excluding carboxylic acids is 1. The van der Waals surface area contributed by atoms with Crippen LogP contribution in [0.2, 0.25) is 0 Å². The second-order valence-electron chi connectivity index (χ2n) is 2.31. The highest BCUT2D eigenvalue weighted by molar-refractivity contribution is 5.49. The van der Waals surface area contributed by atoms with Crippen LogP contribution in [0.5, 0.6) is 0 Å². The van der Waals surface area contributed by atoms with Gasteiger partial charge in [0, 0.05) is 6.42 Å². The van der Waals surface area contributed by atoms with Crippen molar-refractivity contribution in [3.63, 3.8) is 0 Å². The van der Waals surface area contributed by atoms with E-state index >= 15 is 0 Å². The SMILES string of the molecule is CC=CC[C@H](C)CC=O. The maximum atomic E-state index is 9.95. The van der Waals surface area contributed by atoms with E-state index in [4.69, 9.17) is 0 Å². The van der Waals surface area contributed by atoms with E-state index in [1.54, 1.807) is 0 Å². The molecule has 1 heteroatoms. The molecule has 1 atom stereocenters. The van der Waals surface area contributed by atoms with Crippen LogP contribution in [0, 0.1) is 5.92 Å². The summed E-state index contributed by atoms with van der Waals surface area (Å²) in [6.07, 6.45) is 6.79. The third-order valence-electron chi connectivity index (χ3n) is 1.27. The van der Waals surface area contributed by atoms with Crippen molar-refractivity contribution in [2.75, 3.05) is 0 Å². The van der Waals surface area contributed by atoms with E-state index in [-0.39, 0.29) is 0 Å². The molecule has 0 aromatic carbocycles. The monoisotopic (exact) mass is 126 g/mol. The molecule has 0 radical (unpaired) electrons. The lowest BCUT2D eigenvalue weighted by Crippen LogP contribution is -1.91. The second-order valence-corrected chi connectivity index (χ2v) is 2.31. The highest BCUT2D eigenvalue weighted by atomic mass is 16.1. The van der Waals surface area contributed by atoms with Gasteiger partial charge in [-0.1, -0.05) is 19.1 Å². The zero-order valence-electron chi connectivity index (χ0n) is 6.13. The van der Waals surface area contributed by atoms with Gasteiger partial charge in [-0.2, -0.15) is 0 Å². The Balaban J connectivity index is 3.25. The highest BCUT2D eigenvalue weighted by Gasteiger charge is 1.95. The summed E-state index contributed by atoms with van der Waals surface area (Å²) < 4.78 is 0. The molecule has 0 amide bonds. The summed E-state index contributed by atoms with van der Waals surface area (Å²) in [6, 6.07) is 0. The summed E-state index contributed by atoms with van der Waals surface area (Å²) in [7, 11) is 0. The first-order valence-corrected chi connectivity index (χ1v) is 3.36. The molecule has 0 heterocycles. The van der Waals surface area contributed by atoms with Crippen LogP contribution in [-0.4, -0.2) is 6.29 Å². The van der Waals surface area contributed by atoms with Gasteiger partial charge in [0.05, 0.1) is 0 Å². The van der Waals surface area contributed by atoms with Crippen LogP contribution >= 0.6 is 0 Å². The van der Waals surface area contributed by atoms with Crippen molar-refractivity contribution < 1.29 is 4.79 Å². The van der Waals surface area contributed by atoms with Crippen molar-refractivity contribution in [1.82, 2.24) is 0 Å². The van der Waals surface area contributed by atoms with Gasteiger partial charge in [0.15, 0.2) is 0 Å². The lowest BCUT2D eigenvalue weighted by molar-refractivity contribution is -0.108. The summed E-state index contributed by atoms with van der Waals surface area (Å²) in [5.74, 6) is 0.513. The number of hydrogen-bond donors (Lipinski definition) is 0. The maximum absolute atomic E-state index is 9.95. The molecule has 1 nitrogen and oxygen atoms in total. The Hall–Kier alpha value is -0.590. The Labute approximate surface area is 56.8 Å². The van der Waals surface area contributed by atoms with Crippen molar-refractivity contribution in [2.24, 2.45) is 5.92 Å². The van der Waals surface area contributed by atoms with E-state index in [2.05, 4.69) is 13.0 Å². The molecule has 9 heavy (non-hydrogen) atoms. The van der Waals surface area contributed by atoms with Gasteiger partial charge in [-0.25, -0.2) is 0 Å². The summed E-state index contributed by atoms with van der Waals surface area (Å²) in [5.41, 5.74) is 0. The molecular weight excluding hydrogens is 112 g/mol. The number of allylic oxidation sites excluding steroid dienone is 2. The first kappa shape index (κ1) is 8.41. The predicted octanol–water partition coefficient (Wildman–Crippen LogP) is 2.18. The van der Waals surface area contributed by atoms with Crippen LogP contribution in [0.15, 0.2) is 12.2 Å². The maximum Gasteiger partial charge on any atom is 0.120 e. The van der Waals surface area contributed by atoms with Crippen LogP contribution in [-0.2, 0) is 4.79 Å². The summed E-state index contributed by atoms with van der Waals surface area (Å²) in [6.45, 7) is 4.07. The van der Waals surface area contributed by atoms with Crippen LogP contribution < -0.4 is 0 Å². The first-order chi connectivity index (χ1) is 4.31. The van der Waals surface area contributed by atoms with E-state index in [9.17, 15) is 4.79 Å². The minimum absolute atomic E-state index is 0.513. The van der Waals surface area contributed by atoms with Crippen molar-refractivity contribution in [2.45, 2.75) is 26.7 Å². The minimum atomic E-state index is 0.513. The molecule has 0 saturated carbocycles. The molecule has 0 saturated heterocycles. The van der Waals surface area contributed by atoms with E-state index in [1.807, 2.05) is 13.0 Å². The van der Waals surface area contributed by atoms with Crippen LogP contribution in [0.4, 0.5) is 0 Å². The quantitative estimate of drug-likeness (QED) is 0.417. The normalized spacial score (nSPS) is 14.0. The zero-order valence-corrected chi connectivity index (χ0v) is 6.13. The lowest BCUT2D eigenvalue weighted by atomic mass is 10.1. The average molecular weight is 126 g/mol. The van der Waals surface area contributed by atoms with Crippen LogP contribution in [0.25, 0.3) is 0 Å². The van der Waals surface area contributed by atoms with Gasteiger partial charge in [0.1, 0.15) is 6.29 Å². The molecule has 0 aliphatic rings. The standard InChI is InChI=1S/C8H14O/c1-3-4-5-8(2)6-7-9/h3-4,7-8H,5-6H2,1-2H3/t8-/m0/s1. The largest absolute Gasteiger partial charge is 0.303 e. The molecule has 0 aromatic heterocycles. The molecule has 0 rings (SSSR count). The van der Waals surface area contributed by atoms with E-state index in [0.717, 1.165) is 12.7 Å². The average Bonchev–Trinajstić information content (AvgIpc) is 1.85. The summed E-state index contributed by atoms with van der Waals surface area (Å²) in [4.78, 5) is 9.95. The fourth-order valence-corrected chi connectivity index (χ4v) is 0.629. The van der Waals surface area contributed by atoms with Crippen molar-refractivity contribution in [3.8, 4) is 0 Å². The number of rotatable bonds is 4. The number of hydrogen-bond acceptors (Lipinski definition) is 1. The molecule has 0 fully saturated rings. The molecule has 0 N–H and O–H groups in total. The lowest BCUT2D eigenvalue weighted by Gasteiger charge is -2.00. The molecule has 0 unspecified atom stereocenters. The van der Waals surface area contributed by atoms with E-state index in [1.165, 1.54) is 0 Å². The van der Waals surface area contributed by atoms with Crippen LogP contribution in [0.3, 0.4) is 0 Å². The van der Waals surface area contributed by atoms with Gasteiger partial charge >= 0.3 is 0 Å². The molecule has 0 spiro atoms. The Morgan fingerprint density at radius 1 is 1.44 bits per heavy atom. The Morgan fingerprint density at radius 3 is 2.56 bits per heavy atom. The summed E-state index contributed by atoms with van der Waals surface area (Å²) >= 11 is 0. The van der Waals surface area contributed by atoms with Gasteiger partial charge in [0.2, 0.25) is 0 Å². The third kappa shape index (κ3) is 5.28. The zero-order chi connectivity index (χ0) is 7.11. The highest BCUT2D eigenvalue weighted by Crippen LogP contribution is 2.04. The molecule has 0 bridgehead atoms. The van der Waals surface area contributed by atoms with Gasteiger partial charge in [-0.3, -0.25) is 0 Å². The number of carbonyl (C=O) groups is 1. The Bertz CT molecular complexity index is 94.7. The topological polar surface area (TPSA) is 17.1 Å². The fourth-order valence-electron chi connectivity index (χ4n) is 0.629. The van der Waals surface area contributed by atoms with E-state index < -0.39 is 0 Å². The molecule has 0 aliphatic heterocycles. The fraction of sp³-hybridized carbons (Fsp3) is 0.625. The van der Waals surface area contributed by atoms with Crippen LogP contribution in [0.1, 0.15) is 26.7 Å². The minimum Gasteiger partial charge on any atom is -0.303 e. The number of aldehydes is 1. The van der Waals surface area contributed by atoms with Gasteiger partial charge in [-0.15, -0.1) is 0 Å². The van der Waals surface area contributed by atoms with Crippen molar-refractivity contribution in [1.29, 1.82) is 0 Å². The van der Waals surface area contributed by atoms with Crippen molar-refractivity contribution in [3.05, 3.63) is 12.2 Å². The van der Waals surface area contributed by atoms with Gasteiger partial charge in [-0.05, 0) is 19.3 Å². The Kier molecular flexibility index (Phi) is 5.18. The molecular formula is C8H14O. The first-order valence-electron chi connectivity index (χ1n) is 3.36. The van der Waals surface area contributed by atoms with Gasteiger partial charge < -0.3 is 4.79 Å². The Morgan fingerprint density at radius 2 is 2.11 bits per heavy atom. The van der Waals surface area contributed by atoms with E-state index in [0.29, 0.717) is 12.3 Å². The second kappa shape index (κ2) is 5.54. The van der Waals surface area contributed by atoms with Gasteiger partial charge in [0.25, 0.3) is 0 Å². The van der Waals surface area contributed by atoms with Crippen molar-refractivity contribution >= 4 is 6.29 Å². The molecule has 52 valence electrons.